The van der Waals surface area contributed by atoms with Crippen molar-refractivity contribution in [2.75, 3.05) is 13.1 Å². The lowest BCUT2D eigenvalue weighted by Gasteiger charge is -2.13. The topological polar surface area (TPSA) is 45.4 Å². The van der Waals surface area contributed by atoms with Crippen molar-refractivity contribution in [3.8, 4) is 0 Å². The molecule has 0 saturated heterocycles. The Bertz CT molecular complexity index is 296. The van der Waals surface area contributed by atoms with Crippen molar-refractivity contribution >= 4 is 0 Å². The Balaban J connectivity index is 2.22. The molecule has 0 aliphatic heterocycles. The Labute approximate surface area is 97.9 Å². The maximum absolute atomic E-state index is 9.82. The summed E-state index contributed by atoms with van der Waals surface area (Å²) < 4.78 is 5.36. The predicted molar refractivity (Wildman–Crippen MR) is 65.3 cm³/mol. The molecule has 0 aliphatic rings. The zero-order valence-electron chi connectivity index (χ0n) is 10.5. The number of aliphatic hydroxyl groups excluding tert-OH is 1. The molecule has 3 heteroatoms. The van der Waals surface area contributed by atoms with Gasteiger partial charge >= 0.3 is 0 Å². The van der Waals surface area contributed by atoms with E-state index in [1.807, 2.05) is 19.1 Å². The molecule has 0 aromatic carbocycles. The summed E-state index contributed by atoms with van der Waals surface area (Å²) in [7, 11) is 0. The highest BCUT2D eigenvalue weighted by atomic mass is 16.4. The predicted octanol–water partition coefficient (Wildman–Crippen LogP) is 2.65. The van der Waals surface area contributed by atoms with Crippen LogP contribution in [0.5, 0.6) is 0 Å². The SMILES string of the molecule is CCCC(C)CNCC(O)c1ccc(C)o1. The summed E-state index contributed by atoms with van der Waals surface area (Å²) in [6.07, 6.45) is 1.90. The van der Waals surface area contributed by atoms with Crippen LogP contribution in [0.2, 0.25) is 0 Å². The lowest BCUT2D eigenvalue weighted by Crippen LogP contribution is -2.26. The van der Waals surface area contributed by atoms with E-state index in [4.69, 9.17) is 4.42 Å². The van der Waals surface area contributed by atoms with E-state index in [-0.39, 0.29) is 0 Å². The van der Waals surface area contributed by atoms with Gasteiger partial charge in [-0.25, -0.2) is 0 Å². The molecule has 2 unspecified atom stereocenters. The quantitative estimate of drug-likeness (QED) is 0.750. The standard InChI is InChI=1S/C13H23NO2/c1-4-5-10(2)8-14-9-12(15)13-7-6-11(3)16-13/h6-7,10,12,14-15H,4-5,8-9H2,1-3H3. The minimum atomic E-state index is -0.539. The van der Waals surface area contributed by atoms with Gasteiger partial charge in [-0.05, 0) is 37.9 Å². The molecule has 0 spiro atoms. The van der Waals surface area contributed by atoms with Crippen molar-refractivity contribution in [1.82, 2.24) is 5.32 Å². The Morgan fingerprint density at radius 3 is 2.69 bits per heavy atom. The molecule has 3 nitrogen and oxygen atoms in total. The average molecular weight is 225 g/mol. The first-order valence-electron chi connectivity index (χ1n) is 6.08. The summed E-state index contributed by atoms with van der Waals surface area (Å²) in [6, 6.07) is 3.70. The van der Waals surface area contributed by atoms with Gasteiger partial charge in [0.2, 0.25) is 0 Å². The van der Waals surface area contributed by atoms with Crippen LogP contribution in [0.3, 0.4) is 0 Å². The van der Waals surface area contributed by atoms with E-state index in [1.165, 1.54) is 12.8 Å². The van der Waals surface area contributed by atoms with Gasteiger partial charge in [0.15, 0.2) is 0 Å². The van der Waals surface area contributed by atoms with Gasteiger partial charge in [0.05, 0.1) is 0 Å². The van der Waals surface area contributed by atoms with E-state index in [0.717, 1.165) is 12.3 Å². The fourth-order valence-corrected chi connectivity index (χ4v) is 1.79. The first-order valence-corrected chi connectivity index (χ1v) is 6.08. The number of furan rings is 1. The minimum Gasteiger partial charge on any atom is -0.464 e. The number of rotatable bonds is 7. The van der Waals surface area contributed by atoms with Crippen LogP contribution >= 0.6 is 0 Å². The van der Waals surface area contributed by atoms with Crippen LogP contribution in [0.25, 0.3) is 0 Å². The summed E-state index contributed by atoms with van der Waals surface area (Å²) in [5.41, 5.74) is 0. The Morgan fingerprint density at radius 2 is 2.12 bits per heavy atom. The molecule has 1 heterocycles. The highest BCUT2D eigenvalue weighted by Gasteiger charge is 2.11. The Morgan fingerprint density at radius 1 is 1.38 bits per heavy atom. The molecule has 0 aliphatic carbocycles. The van der Waals surface area contributed by atoms with Gasteiger partial charge in [0, 0.05) is 6.54 Å². The van der Waals surface area contributed by atoms with Crippen LogP contribution in [0.1, 0.15) is 44.3 Å². The van der Waals surface area contributed by atoms with Crippen LogP contribution in [0, 0.1) is 12.8 Å². The molecule has 2 N–H and O–H groups in total. The third-order valence-electron chi connectivity index (χ3n) is 2.70. The first-order chi connectivity index (χ1) is 7.63. The van der Waals surface area contributed by atoms with Crippen molar-refractivity contribution in [3.63, 3.8) is 0 Å². The minimum absolute atomic E-state index is 0.539. The van der Waals surface area contributed by atoms with E-state index in [0.29, 0.717) is 18.2 Å². The van der Waals surface area contributed by atoms with Crippen molar-refractivity contribution in [3.05, 3.63) is 23.7 Å². The highest BCUT2D eigenvalue weighted by molar-refractivity contribution is 5.08. The molecule has 1 aromatic heterocycles. The summed E-state index contributed by atoms with van der Waals surface area (Å²) in [4.78, 5) is 0. The maximum atomic E-state index is 9.82. The zero-order chi connectivity index (χ0) is 12.0. The van der Waals surface area contributed by atoms with E-state index < -0.39 is 6.10 Å². The highest BCUT2D eigenvalue weighted by Crippen LogP contribution is 2.15. The van der Waals surface area contributed by atoms with Gasteiger partial charge in [-0.2, -0.15) is 0 Å². The second-order valence-corrected chi connectivity index (χ2v) is 4.52. The summed E-state index contributed by atoms with van der Waals surface area (Å²) >= 11 is 0. The molecular formula is C13H23NO2. The zero-order valence-corrected chi connectivity index (χ0v) is 10.5. The molecule has 0 saturated carbocycles. The van der Waals surface area contributed by atoms with Crippen molar-refractivity contribution < 1.29 is 9.52 Å². The molecule has 16 heavy (non-hydrogen) atoms. The molecule has 0 radical (unpaired) electrons. The monoisotopic (exact) mass is 225 g/mol. The van der Waals surface area contributed by atoms with Gasteiger partial charge in [-0.1, -0.05) is 20.3 Å². The van der Waals surface area contributed by atoms with Gasteiger partial charge in [-0.15, -0.1) is 0 Å². The number of aliphatic hydroxyl groups is 1. The van der Waals surface area contributed by atoms with Crippen LogP contribution < -0.4 is 5.32 Å². The van der Waals surface area contributed by atoms with Gasteiger partial charge in [-0.3, -0.25) is 0 Å². The van der Waals surface area contributed by atoms with Gasteiger partial charge < -0.3 is 14.8 Å². The molecule has 1 rings (SSSR count). The van der Waals surface area contributed by atoms with Crippen LogP contribution in [0.15, 0.2) is 16.5 Å². The smallest absolute Gasteiger partial charge is 0.133 e. The first kappa shape index (κ1) is 13.3. The third-order valence-corrected chi connectivity index (χ3v) is 2.70. The second-order valence-electron chi connectivity index (χ2n) is 4.52. The second kappa shape index (κ2) is 6.71. The van der Waals surface area contributed by atoms with Crippen molar-refractivity contribution in [2.24, 2.45) is 5.92 Å². The fraction of sp³-hybridized carbons (Fsp3) is 0.692. The molecular weight excluding hydrogens is 202 g/mol. The Kier molecular flexibility index (Phi) is 5.56. The normalized spacial score (nSPS) is 15.0. The number of aryl methyl sites for hydroxylation is 1. The van der Waals surface area contributed by atoms with E-state index >= 15 is 0 Å². The van der Waals surface area contributed by atoms with Gasteiger partial charge in [0.25, 0.3) is 0 Å². The van der Waals surface area contributed by atoms with Crippen molar-refractivity contribution in [2.45, 2.75) is 39.7 Å². The summed E-state index contributed by atoms with van der Waals surface area (Å²) in [5.74, 6) is 2.15. The average Bonchev–Trinajstić information content (AvgIpc) is 2.65. The fourth-order valence-electron chi connectivity index (χ4n) is 1.79. The molecule has 0 fully saturated rings. The molecule has 2 atom stereocenters. The summed E-state index contributed by atoms with van der Waals surface area (Å²) in [6.45, 7) is 7.80. The van der Waals surface area contributed by atoms with E-state index in [2.05, 4.69) is 19.2 Å². The maximum Gasteiger partial charge on any atom is 0.133 e. The largest absolute Gasteiger partial charge is 0.464 e. The number of hydrogen-bond donors (Lipinski definition) is 2. The third kappa shape index (κ3) is 4.37. The van der Waals surface area contributed by atoms with Crippen LogP contribution in [-0.4, -0.2) is 18.2 Å². The summed E-state index contributed by atoms with van der Waals surface area (Å²) in [5, 5.41) is 13.1. The molecule has 0 bridgehead atoms. The lowest BCUT2D eigenvalue weighted by molar-refractivity contribution is 0.144. The molecule has 1 aromatic rings. The Hall–Kier alpha value is -0.800. The lowest BCUT2D eigenvalue weighted by atomic mass is 10.1. The van der Waals surface area contributed by atoms with E-state index in [9.17, 15) is 5.11 Å². The van der Waals surface area contributed by atoms with Crippen LogP contribution in [0.4, 0.5) is 0 Å². The number of nitrogens with one attached hydrogen (secondary N) is 1. The van der Waals surface area contributed by atoms with Crippen molar-refractivity contribution in [1.29, 1.82) is 0 Å². The molecule has 0 amide bonds. The molecule has 92 valence electrons. The van der Waals surface area contributed by atoms with Crippen LogP contribution in [-0.2, 0) is 0 Å². The van der Waals surface area contributed by atoms with Gasteiger partial charge in [0.1, 0.15) is 17.6 Å². The van der Waals surface area contributed by atoms with E-state index in [1.54, 1.807) is 0 Å². The number of hydrogen-bond acceptors (Lipinski definition) is 3.